The third kappa shape index (κ3) is 13.2. The van der Waals surface area contributed by atoms with Gasteiger partial charge in [-0.1, -0.05) is 143 Å². The Morgan fingerprint density at radius 2 is 1.35 bits per heavy atom. The zero-order valence-corrected chi connectivity index (χ0v) is 37.8. The lowest BCUT2D eigenvalue weighted by Gasteiger charge is -2.37. The number of amides is 6. The summed E-state index contributed by atoms with van der Waals surface area (Å²) in [5.41, 5.74) is 7.42. The number of hydrogen-bond acceptors (Lipinski definition) is 9. The Balaban J connectivity index is 1.19. The standard InChI is InChI=1S/C51H64N6O9/c1-2-3-28-40(46(60)50(64)53-30-42(58)55-43(47(52)61)34-20-10-5-11-21-34)54-49(63)41-29-37(66-32-33-18-8-4-9-19-33)31-57(41)51(65)44(35-22-12-6-13-23-35)56-48(62)39-27-17-16-26-38(39)45(59)36-24-14-7-15-25-36/h4-5,7-11,14-15,18-21,24-25,35,37-41,43-44H,2-3,6,12-13,16-17,22-23,26-32H2,1H3,(H2,52,61)(H,53,64)(H,54,63)(H,55,58)(H,56,62)/t37-,38-,39-,40?,41+,43?,44?/m1/s1. The van der Waals surface area contributed by atoms with E-state index in [9.17, 15) is 33.6 Å². The van der Waals surface area contributed by atoms with E-state index < -0.39 is 84.0 Å². The van der Waals surface area contributed by atoms with Crippen LogP contribution >= 0.6 is 0 Å². The van der Waals surface area contributed by atoms with Gasteiger partial charge >= 0.3 is 0 Å². The SMILES string of the molecule is CCCCC(NC(=O)[C@@H]1C[C@@H](OCc2ccccc2)CN1C(=O)C(NC(=O)[C@@H]1CCCC[C@H]1C(=O)c1ccccc1)C1CCCCC1)C(=O)C(=O)NCC(=O)NC(C(N)=O)c1ccccc1. The molecule has 6 amide bonds. The molecule has 3 unspecified atom stereocenters. The summed E-state index contributed by atoms with van der Waals surface area (Å²) in [7, 11) is 0. The van der Waals surface area contributed by atoms with Gasteiger partial charge in [0.15, 0.2) is 5.78 Å². The second-order valence-electron chi connectivity index (χ2n) is 17.8. The van der Waals surface area contributed by atoms with Gasteiger partial charge in [0.1, 0.15) is 18.1 Å². The molecule has 7 atom stereocenters. The highest BCUT2D eigenvalue weighted by Crippen LogP contribution is 2.35. The van der Waals surface area contributed by atoms with Crippen LogP contribution in [0.3, 0.4) is 0 Å². The van der Waals surface area contributed by atoms with Gasteiger partial charge in [0.2, 0.25) is 35.3 Å². The maximum atomic E-state index is 15.1. The monoisotopic (exact) mass is 904 g/mol. The van der Waals surface area contributed by atoms with Crippen LogP contribution in [0.2, 0.25) is 0 Å². The Morgan fingerprint density at radius 1 is 0.727 bits per heavy atom. The number of carbonyl (C=O) groups excluding carboxylic acids is 8. The lowest BCUT2D eigenvalue weighted by molar-refractivity contribution is -0.145. The molecule has 3 aromatic carbocycles. The number of ether oxygens (including phenoxy) is 1. The summed E-state index contributed by atoms with van der Waals surface area (Å²) in [4.78, 5) is 111. The molecule has 3 fully saturated rings. The molecule has 0 aromatic heterocycles. The Bertz CT molecular complexity index is 2150. The molecule has 3 aromatic rings. The van der Waals surface area contributed by atoms with Gasteiger partial charge < -0.3 is 36.6 Å². The number of nitrogens with two attached hydrogens (primary N) is 1. The normalized spacial score (nSPS) is 21.1. The third-order valence-corrected chi connectivity index (χ3v) is 13.2. The van der Waals surface area contributed by atoms with Crippen LogP contribution in [0, 0.1) is 17.8 Å². The van der Waals surface area contributed by atoms with Crippen molar-refractivity contribution >= 4 is 47.0 Å². The quantitative estimate of drug-likeness (QED) is 0.0742. The molecule has 1 heterocycles. The van der Waals surface area contributed by atoms with E-state index in [0.29, 0.717) is 49.7 Å². The van der Waals surface area contributed by atoms with E-state index >= 15 is 4.79 Å². The fourth-order valence-corrected chi connectivity index (χ4v) is 9.59. The molecule has 1 saturated heterocycles. The molecule has 6 N–H and O–H groups in total. The van der Waals surface area contributed by atoms with Gasteiger partial charge in [0, 0.05) is 30.4 Å². The van der Waals surface area contributed by atoms with E-state index in [2.05, 4.69) is 21.3 Å². The average molecular weight is 905 g/mol. The zero-order chi connectivity index (χ0) is 47.0. The molecular weight excluding hydrogens is 841 g/mol. The van der Waals surface area contributed by atoms with E-state index in [1.54, 1.807) is 54.6 Å². The summed E-state index contributed by atoms with van der Waals surface area (Å²) >= 11 is 0. The molecule has 1 aliphatic heterocycles. The number of carbonyl (C=O) groups is 8. The number of ketones is 2. The van der Waals surface area contributed by atoms with Crippen molar-refractivity contribution in [2.75, 3.05) is 13.1 Å². The van der Waals surface area contributed by atoms with Crippen molar-refractivity contribution in [3.63, 3.8) is 0 Å². The van der Waals surface area contributed by atoms with Gasteiger partial charge in [-0.25, -0.2) is 0 Å². The molecular formula is C51H64N6O9. The molecule has 2 saturated carbocycles. The number of benzene rings is 3. The molecule has 15 nitrogen and oxygen atoms in total. The van der Waals surface area contributed by atoms with Crippen LogP contribution in [0.15, 0.2) is 91.0 Å². The minimum atomic E-state index is -1.29. The van der Waals surface area contributed by atoms with E-state index in [-0.39, 0.29) is 43.6 Å². The third-order valence-electron chi connectivity index (χ3n) is 13.2. The molecule has 2 aliphatic carbocycles. The second kappa shape index (κ2) is 24.3. The van der Waals surface area contributed by atoms with Crippen LogP contribution in [0.25, 0.3) is 0 Å². The van der Waals surface area contributed by atoms with Crippen molar-refractivity contribution in [3.8, 4) is 0 Å². The number of nitrogens with one attached hydrogen (secondary N) is 4. The van der Waals surface area contributed by atoms with E-state index in [1.165, 1.54) is 4.90 Å². The van der Waals surface area contributed by atoms with Gasteiger partial charge in [0.25, 0.3) is 5.91 Å². The number of hydrogen-bond donors (Lipinski definition) is 5. The largest absolute Gasteiger partial charge is 0.372 e. The number of rotatable bonds is 21. The van der Waals surface area contributed by atoms with Crippen molar-refractivity contribution in [2.24, 2.45) is 23.5 Å². The van der Waals surface area contributed by atoms with Crippen molar-refractivity contribution in [2.45, 2.75) is 127 Å². The lowest BCUT2D eigenvalue weighted by Crippen LogP contribution is -2.59. The van der Waals surface area contributed by atoms with Gasteiger partial charge in [-0.3, -0.25) is 38.4 Å². The lowest BCUT2D eigenvalue weighted by atomic mass is 9.74. The van der Waals surface area contributed by atoms with Gasteiger partial charge in [-0.2, -0.15) is 0 Å². The smallest absolute Gasteiger partial charge is 0.290 e. The van der Waals surface area contributed by atoms with Crippen molar-refractivity contribution < 1.29 is 43.1 Å². The molecule has 66 heavy (non-hydrogen) atoms. The highest BCUT2D eigenvalue weighted by atomic mass is 16.5. The topological polar surface area (TPSA) is 223 Å². The van der Waals surface area contributed by atoms with Crippen LogP contribution < -0.4 is 27.0 Å². The fourth-order valence-electron chi connectivity index (χ4n) is 9.59. The number of Topliss-reactive ketones (excluding diaryl/α,β-unsaturated/α-hetero) is 2. The second-order valence-corrected chi connectivity index (χ2v) is 17.8. The summed E-state index contributed by atoms with van der Waals surface area (Å²) < 4.78 is 6.32. The van der Waals surface area contributed by atoms with Crippen LogP contribution in [-0.4, -0.2) is 89.2 Å². The van der Waals surface area contributed by atoms with Crippen molar-refractivity contribution in [3.05, 3.63) is 108 Å². The molecule has 352 valence electrons. The predicted octanol–water partition coefficient (Wildman–Crippen LogP) is 4.63. The Hall–Kier alpha value is -6.22. The maximum absolute atomic E-state index is 15.1. The summed E-state index contributed by atoms with van der Waals surface area (Å²) in [6, 6.07) is 22.2. The highest BCUT2D eigenvalue weighted by molar-refractivity contribution is 6.38. The highest BCUT2D eigenvalue weighted by Gasteiger charge is 2.46. The van der Waals surface area contributed by atoms with Gasteiger partial charge in [-0.05, 0) is 49.1 Å². The first-order valence-corrected chi connectivity index (χ1v) is 23.6. The Labute approximate surface area is 386 Å². The summed E-state index contributed by atoms with van der Waals surface area (Å²) in [5, 5.41) is 10.7. The zero-order valence-electron chi connectivity index (χ0n) is 37.8. The van der Waals surface area contributed by atoms with Gasteiger partial charge in [0.05, 0.1) is 25.3 Å². The minimum absolute atomic E-state index is 0.0415. The number of likely N-dealkylation sites (tertiary alicyclic amines) is 1. The van der Waals surface area contributed by atoms with E-state index in [0.717, 1.165) is 37.7 Å². The van der Waals surface area contributed by atoms with Gasteiger partial charge in [-0.15, -0.1) is 0 Å². The first-order chi connectivity index (χ1) is 31.9. The summed E-state index contributed by atoms with van der Waals surface area (Å²) in [6.07, 6.45) is 7.55. The number of nitrogens with zero attached hydrogens (tertiary/aromatic N) is 1. The number of unbranched alkanes of at least 4 members (excludes halogenated alkanes) is 1. The summed E-state index contributed by atoms with van der Waals surface area (Å²) in [5.74, 6) is -6.56. The minimum Gasteiger partial charge on any atom is -0.372 e. The Kier molecular flexibility index (Phi) is 18.2. The van der Waals surface area contributed by atoms with E-state index in [4.69, 9.17) is 10.5 Å². The molecule has 0 radical (unpaired) electrons. The molecule has 0 bridgehead atoms. The van der Waals surface area contributed by atoms with Crippen LogP contribution in [-0.2, 0) is 44.9 Å². The average Bonchev–Trinajstić information content (AvgIpc) is 3.79. The maximum Gasteiger partial charge on any atom is 0.290 e. The molecule has 6 rings (SSSR count). The van der Waals surface area contributed by atoms with Crippen LogP contribution in [0.1, 0.15) is 118 Å². The van der Waals surface area contributed by atoms with Crippen molar-refractivity contribution in [1.82, 2.24) is 26.2 Å². The Morgan fingerprint density at radius 3 is 2.00 bits per heavy atom. The first-order valence-electron chi connectivity index (χ1n) is 23.6. The molecule has 15 heteroatoms. The van der Waals surface area contributed by atoms with Crippen LogP contribution in [0.4, 0.5) is 0 Å². The number of primary amides is 1. The first kappa shape index (κ1) is 49.2. The molecule has 3 aliphatic rings. The predicted molar refractivity (Wildman–Crippen MR) is 246 cm³/mol. The summed E-state index contributed by atoms with van der Waals surface area (Å²) in [6.45, 7) is 1.52. The van der Waals surface area contributed by atoms with E-state index in [1.807, 2.05) is 43.3 Å². The van der Waals surface area contributed by atoms with Crippen LogP contribution in [0.5, 0.6) is 0 Å². The van der Waals surface area contributed by atoms with Crippen molar-refractivity contribution in [1.29, 1.82) is 0 Å². The fraction of sp³-hybridized carbons (Fsp3) is 0.490. The molecule has 0 spiro atoms.